The maximum atomic E-state index is 14.0. The van der Waals surface area contributed by atoms with Crippen LogP contribution in [0.15, 0.2) is 36.4 Å². The molecule has 4 heterocycles. The van der Waals surface area contributed by atoms with Gasteiger partial charge in [0.15, 0.2) is 25.2 Å². The summed E-state index contributed by atoms with van der Waals surface area (Å²) in [5.74, 6) is -2.57. The second-order valence-electron chi connectivity index (χ2n) is 24.5. The van der Waals surface area contributed by atoms with Gasteiger partial charge >= 0.3 is 11.9 Å². The molecule has 4 saturated heterocycles. The van der Waals surface area contributed by atoms with Crippen LogP contribution in [0.2, 0.25) is 0 Å². The number of fused-ring (bicyclic) bond motifs is 5. The van der Waals surface area contributed by atoms with E-state index < -0.39 is 170 Å². The Balaban J connectivity index is 0.831. The minimum atomic E-state index is -1.68. The fourth-order valence-corrected chi connectivity index (χ4v) is 15.8. The van der Waals surface area contributed by atoms with Crippen molar-refractivity contribution in [2.24, 2.45) is 34.5 Å². The predicted octanol–water partition coefficient (Wildman–Crippen LogP) is 2.89. The summed E-state index contributed by atoms with van der Waals surface area (Å²) in [6, 6.07) is 9.39. The van der Waals surface area contributed by atoms with Crippen molar-refractivity contribution < 1.29 is 107 Å². The van der Waals surface area contributed by atoms with Gasteiger partial charge in [0, 0.05) is 64.4 Å². The monoisotopic (exact) mass is 1150 g/mol. The van der Waals surface area contributed by atoms with Crippen molar-refractivity contribution in [3.05, 3.63) is 42.0 Å². The molecule has 28 unspecified atom stereocenters. The average molecular weight is 1150 g/mol. The molecule has 9 rings (SSSR count). The van der Waals surface area contributed by atoms with Crippen molar-refractivity contribution in [2.45, 2.75) is 241 Å². The molecule has 1 aromatic carbocycles. The molecule has 81 heavy (non-hydrogen) atoms. The number of hydrogen-bond acceptors (Lipinski definition) is 22. The van der Waals surface area contributed by atoms with Crippen LogP contribution in [0.25, 0.3) is 6.08 Å². The highest BCUT2D eigenvalue weighted by Crippen LogP contribution is 2.70. The molecule has 456 valence electrons. The van der Waals surface area contributed by atoms with Crippen molar-refractivity contribution >= 4 is 23.8 Å². The highest BCUT2D eigenvalue weighted by molar-refractivity contribution is 5.87. The van der Waals surface area contributed by atoms with E-state index in [9.17, 15) is 45.0 Å². The fraction of sp³-hybridized carbons (Fsp3) is 0.814. The number of ether oxygens (including phenoxy) is 13. The third-order valence-electron chi connectivity index (χ3n) is 20.0. The topological polar surface area (TPSA) is 293 Å². The van der Waals surface area contributed by atoms with E-state index >= 15 is 0 Å². The van der Waals surface area contributed by atoms with E-state index in [2.05, 4.69) is 6.92 Å². The summed E-state index contributed by atoms with van der Waals surface area (Å²) in [7, 11) is 4.52. The van der Waals surface area contributed by atoms with E-state index in [1.165, 1.54) is 34.1 Å². The number of aliphatic hydroxyl groups is 6. The minimum Gasteiger partial charge on any atom is -0.458 e. The summed E-state index contributed by atoms with van der Waals surface area (Å²) >= 11 is 0. The molecule has 22 heteroatoms. The number of benzene rings is 1. The number of methoxy groups -OCH3 is 3. The Morgan fingerprint density at radius 3 is 1.89 bits per heavy atom. The maximum absolute atomic E-state index is 14.0. The van der Waals surface area contributed by atoms with Crippen LogP contribution in [0.5, 0.6) is 0 Å². The van der Waals surface area contributed by atoms with Crippen molar-refractivity contribution in [1.29, 1.82) is 0 Å². The zero-order chi connectivity index (χ0) is 58.5. The summed E-state index contributed by atoms with van der Waals surface area (Å²) in [6.07, 6.45) is -12.6. The molecule has 0 radical (unpaired) electrons. The normalized spacial score (nSPS) is 48.1. The first-order chi connectivity index (χ1) is 38.5. The lowest BCUT2D eigenvalue weighted by Crippen LogP contribution is -2.73. The predicted molar refractivity (Wildman–Crippen MR) is 283 cm³/mol. The van der Waals surface area contributed by atoms with Crippen molar-refractivity contribution in [1.82, 2.24) is 0 Å². The second kappa shape index (κ2) is 25.5. The van der Waals surface area contributed by atoms with Gasteiger partial charge in [-0.15, -0.1) is 0 Å². The van der Waals surface area contributed by atoms with E-state index in [1.54, 1.807) is 27.0 Å². The summed E-state index contributed by atoms with van der Waals surface area (Å²) in [5, 5.41) is 65.6. The summed E-state index contributed by atoms with van der Waals surface area (Å²) in [5.41, 5.74) is -2.25. The maximum Gasteiger partial charge on any atom is 0.331 e. The molecule has 6 N–H and O–H groups in total. The number of esters is 2. The number of hydrogen-bond donors (Lipinski definition) is 6. The Labute approximate surface area is 474 Å². The number of Topliss-reactive ketones (excluding diaryl/α,β-unsaturated/α-hetero) is 1. The van der Waals surface area contributed by atoms with Gasteiger partial charge in [0.25, 0.3) is 0 Å². The highest BCUT2D eigenvalue weighted by Gasteiger charge is 2.76. The summed E-state index contributed by atoms with van der Waals surface area (Å²) < 4.78 is 81.1. The molecule has 4 aliphatic heterocycles. The van der Waals surface area contributed by atoms with Gasteiger partial charge in [-0.05, 0) is 102 Å². The van der Waals surface area contributed by atoms with Gasteiger partial charge in [-0.3, -0.25) is 9.59 Å². The van der Waals surface area contributed by atoms with Crippen LogP contribution in [-0.4, -0.2) is 211 Å². The lowest BCUT2D eigenvalue weighted by atomic mass is 9.41. The molecular formula is C59H88O22. The van der Waals surface area contributed by atoms with Gasteiger partial charge in [-0.2, -0.15) is 0 Å². The lowest BCUT2D eigenvalue weighted by molar-refractivity contribution is -0.373. The van der Waals surface area contributed by atoms with E-state index in [-0.39, 0.29) is 30.1 Å². The standard InChI is InChI=1S/C59H88O22/c1-28(61)36-21-23-59(68)37-18-17-34-24-35(20-22-57(34,6)44(37)52(54(58(36,59)7)75-32(5)62)78-41(63)19-16-33-14-12-11-13-15-33)76-42-25-38(69-8)49(29(2)72-42)79-43-26-39(70-9)50(30(3)73-43)80-56-48(67)53(71-10)51(31(4)74-56)81-55-47(66)46(65)45(64)40(27-60)77-55/h11-16,19,29-31,34-40,42-56,60,64-68H,17-18,20-27H2,1-10H3. The third-order valence-corrected chi connectivity index (χ3v) is 20.0. The Morgan fingerprint density at radius 1 is 0.654 bits per heavy atom. The van der Waals surface area contributed by atoms with E-state index in [0.717, 1.165) is 12.0 Å². The second-order valence-corrected chi connectivity index (χ2v) is 24.5. The molecule has 28 atom stereocenters. The van der Waals surface area contributed by atoms with Gasteiger partial charge in [0.2, 0.25) is 0 Å². The SMILES string of the molecule is COC1CC(OC2CCC3(C)C(CCC4C3C(OC(=O)C=Cc3ccccc3)C(OC(C)=O)C3(C)C(C(C)=O)CCC43O)C2)OC(C)C1OC1CC(OC)C(OC2OC(C)C(OC3OC(CO)C(O)C(O)C3O)C(OC)C2O)C(C)O1. The zero-order valence-electron chi connectivity index (χ0n) is 48.3. The Bertz CT molecular complexity index is 2330. The van der Waals surface area contributed by atoms with Crippen LogP contribution in [0.3, 0.4) is 0 Å². The molecule has 0 amide bonds. The molecular weight excluding hydrogens is 1060 g/mol. The number of ketones is 1. The number of rotatable bonds is 17. The number of carbonyl (C=O) groups is 3. The molecule has 22 nitrogen and oxygen atoms in total. The summed E-state index contributed by atoms with van der Waals surface area (Å²) in [6.45, 7) is 11.6. The van der Waals surface area contributed by atoms with Crippen LogP contribution in [-0.2, 0) is 76.0 Å². The largest absolute Gasteiger partial charge is 0.458 e. The fourth-order valence-electron chi connectivity index (χ4n) is 15.8. The van der Waals surface area contributed by atoms with Crippen molar-refractivity contribution in [3.63, 3.8) is 0 Å². The first kappa shape index (κ1) is 62.4. The number of carbonyl (C=O) groups excluding carboxylic acids is 3. The van der Waals surface area contributed by atoms with Crippen LogP contribution < -0.4 is 0 Å². The molecule has 4 aliphatic carbocycles. The van der Waals surface area contributed by atoms with E-state index in [0.29, 0.717) is 44.9 Å². The average Bonchev–Trinajstić information content (AvgIpc) is 2.98. The van der Waals surface area contributed by atoms with Gasteiger partial charge < -0.3 is 92.2 Å². The van der Waals surface area contributed by atoms with Crippen LogP contribution in [0.1, 0.15) is 112 Å². The van der Waals surface area contributed by atoms with Crippen molar-refractivity contribution in [2.75, 3.05) is 27.9 Å². The van der Waals surface area contributed by atoms with Crippen LogP contribution in [0, 0.1) is 34.5 Å². The van der Waals surface area contributed by atoms with Crippen LogP contribution in [0.4, 0.5) is 0 Å². The van der Waals surface area contributed by atoms with Gasteiger partial charge in [0.05, 0.1) is 48.8 Å². The molecule has 0 bridgehead atoms. The van der Waals surface area contributed by atoms with E-state index in [4.69, 9.17) is 61.6 Å². The first-order valence-corrected chi connectivity index (χ1v) is 29.0. The first-order valence-electron chi connectivity index (χ1n) is 29.0. The molecule has 8 fully saturated rings. The van der Waals surface area contributed by atoms with Gasteiger partial charge in [-0.1, -0.05) is 44.2 Å². The Hall–Kier alpha value is -3.11. The smallest absolute Gasteiger partial charge is 0.331 e. The lowest BCUT2D eigenvalue weighted by Gasteiger charge is -2.66. The van der Waals surface area contributed by atoms with Gasteiger partial charge in [-0.25, -0.2) is 4.79 Å². The quantitative estimate of drug-likeness (QED) is 0.0743. The van der Waals surface area contributed by atoms with Gasteiger partial charge in [0.1, 0.15) is 72.9 Å². The Morgan fingerprint density at radius 2 is 1.27 bits per heavy atom. The molecule has 1 aromatic rings. The highest BCUT2D eigenvalue weighted by atomic mass is 16.8. The van der Waals surface area contributed by atoms with E-state index in [1.807, 2.05) is 44.2 Å². The third kappa shape index (κ3) is 12.0. The zero-order valence-corrected chi connectivity index (χ0v) is 48.3. The number of aliphatic hydroxyl groups excluding tert-OH is 5. The summed E-state index contributed by atoms with van der Waals surface area (Å²) in [4.78, 5) is 40.5. The van der Waals surface area contributed by atoms with Crippen LogP contribution >= 0.6 is 0 Å². The minimum absolute atomic E-state index is 0.0746. The Kier molecular flexibility index (Phi) is 19.6. The molecule has 4 saturated carbocycles. The molecule has 8 aliphatic rings. The molecule has 0 aromatic heterocycles. The molecule has 0 spiro atoms. The van der Waals surface area contributed by atoms with Crippen molar-refractivity contribution in [3.8, 4) is 0 Å².